The molecule has 1 heterocycles. The summed E-state index contributed by atoms with van der Waals surface area (Å²) in [6.07, 6.45) is 0.400. The Morgan fingerprint density at radius 3 is 2.02 bits per heavy atom. The van der Waals surface area contributed by atoms with E-state index in [0.29, 0.717) is 31.5 Å². The van der Waals surface area contributed by atoms with Crippen LogP contribution in [0, 0.1) is 23.7 Å². The van der Waals surface area contributed by atoms with E-state index in [9.17, 15) is 27.6 Å². The first-order valence-corrected chi connectivity index (χ1v) is 19.7. The van der Waals surface area contributed by atoms with Gasteiger partial charge in [0.2, 0.25) is 23.6 Å². The largest absolute Gasteiger partial charge is 0.399 e. The number of hydrogen-bond acceptors (Lipinski definition) is 10. The molecule has 1 unspecified atom stereocenters. The summed E-state index contributed by atoms with van der Waals surface area (Å²) in [5.41, 5.74) is 6.07. The number of hydrogen-bond donors (Lipinski definition) is 3. The molecule has 0 aliphatic carbocycles. The Morgan fingerprint density at radius 1 is 0.942 bits per heavy atom. The fraction of sp³-hybridized carbons (Fsp3) is 0.730. The van der Waals surface area contributed by atoms with Gasteiger partial charge in [0.1, 0.15) is 6.04 Å². The molecule has 4 amide bonds. The topological polar surface area (TPSA) is 181 Å². The molecule has 1 saturated heterocycles. The molecule has 1 aromatic rings. The van der Waals surface area contributed by atoms with Gasteiger partial charge in [0.15, 0.2) is 0 Å². The maximum Gasteiger partial charge on any atom is 0.264 e. The second-order valence-corrected chi connectivity index (χ2v) is 16.7. The van der Waals surface area contributed by atoms with Crippen LogP contribution in [-0.4, -0.2) is 125 Å². The Morgan fingerprint density at radius 2 is 1.54 bits per heavy atom. The van der Waals surface area contributed by atoms with Gasteiger partial charge in [0.05, 0.1) is 47.6 Å². The first-order valence-electron chi connectivity index (χ1n) is 18.2. The van der Waals surface area contributed by atoms with Crippen LogP contribution in [0.2, 0.25) is 0 Å². The first kappa shape index (κ1) is 44.9. The summed E-state index contributed by atoms with van der Waals surface area (Å²) in [5.74, 6) is -2.64. The van der Waals surface area contributed by atoms with Crippen molar-refractivity contribution in [3.8, 4) is 0 Å². The number of methoxy groups -OCH3 is 2. The molecule has 52 heavy (non-hydrogen) atoms. The SMILES string of the molecule is CCC(C)[C@@H]([C@@H](CC(=O)N1CCC[C@H]1[C@H](OC)[C@@H](C)C(=O)NS(=O)(=O)c1ccc(N)cc1)OC)N(C)C(=O)[C@@H](NC(=O)[C@H](C(C)C)N(C)C)C(C)C. The molecule has 0 radical (unpaired) electrons. The Kier molecular flexibility index (Phi) is 17.0. The minimum atomic E-state index is -4.17. The molecule has 8 atom stereocenters. The number of nitrogens with one attached hydrogen (secondary N) is 2. The predicted molar refractivity (Wildman–Crippen MR) is 201 cm³/mol. The molecular formula is C37H64N6O8S. The number of anilines is 1. The van der Waals surface area contributed by atoms with Crippen molar-refractivity contribution in [2.45, 2.75) is 115 Å². The van der Waals surface area contributed by atoms with Crippen LogP contribution >= 0.6 is 0 Å². The van der Waals surface area contributed by atoms with Crippen LogP contribution in [0.4, 0.5) is 5.69 Å². The van der Waals surface area contributed by atoms with Gasteiger partial charge < -0.3 is 30.3 Å². The minimum absolute atomic E-state index is 0.0273. The summed E-state index contributed by atoms with van der Waals surface area (Å²) < 4.78 is 39.8. The van der Waals surface area contributed by atoms with Gasteiger partial charge in [-0.25, -0.2) is 13.1 Å². The van der Waals surface area contributed by atoms with E-state index in [-0.39, 0.29) is 46.8 Å². The molecule has 0 aromatic heterocycles. The highest BCUT2D eigenvalue weighted by Gasteiger charge is 2.43. The maximum atomic E-state index is 14.2. The smallest absolute Gasteiger partial charge is 0.264 e. The van der Waals surface area contributed by atoms with Crippen LogP contribution in [0.5, 0.6) is 0 Å². The molecule has 0 saturated carbocycles. The van der Waals surface area contributed by atoms with Crippen LogP contribution in [0.15, 0.2) is 29.2 Å². The summed E-state index contributed by atoms with van der Waals surface area (Å²) >= 11 is 0. The highest BCUT2D eigenvalue weighted by atomic mass is 32.2. The zero-order chi connectivity index (χ0) is 39.7. The molecule has 14 nitrogen and oxygen atoms in total. The van der Waals surface area contributed by atoms with Gasteiger partial charge in [0.25, 0.3) is 10.0 Å². The van der Waals surface area contributed by atoms with Gasteiger partial charge in [0, 0.05) is 33.5 Å². The predicted octanol–water partition coefficient (Wildman–Crippen LogP) is 2.72. The van der Waals surface area contributed by atoms with E-state index in [4.69, 9.17) is 15.2 Å². The number of nitrogen functional groups attached to an aromatic ring is 1. The monoisotopic (exact) mass is 752 g/mol. The lowest BCUT2D eigenvalue weighted by Crippen LogP contribution is -2.59. The van der Waals surface area contributed by atoms with Gasteiger partial charge in [-0.05, 0) is 69.0 Å². The Labute approximate surface area is 311 Å². The van der Waals surface area contributed by atoms with Crippen molar-refractivity contribution in [2.24, 2.45) is 23.7 Å². The minimum Gasteiger partial charge on any atom is -0.399 e. The summed E-state index contributed by atoms with van der Waals surface area (Å²) in [7, 11) is 4.16. The van der Waals surface area contributed by atoms with Crippen molar-refractivity contribution >= 4 is 39.3 Å². The van der Waals surface area contributed by atoms with E-state index in [1.165, 1.54) is 38.5 Å². The van der Waals surface area contributed by atoms with Crippen molar-refractivity contribution < 1.29 is 37.1 Å². The third-order valence-electron chi connectivity index (χ3n) is 10.4. The number of amides is 4. The molecule has 1 aliphatic rings. The lowest BCUT2D eigenvalue weighted by Gasteiger charge is -2.41. The van der Waals surface area contributed by atoms with Crippen LogP contribution in [0.3, 0.4) is 0 Å². The highest BCUT2D eigenvalue weighted by Crippen LogP contribution is 2.30. The number of carbonyl (C=O) groups excluding carboxylic acids is 4. The van der Waals surface area contributed by atoms with Gasteiger partial charge in [-0.15, -0.1) is 0 Å². The fourth-order valence-corrected chi connectivity index (χ4v) is 8.41. The third kappa shape index (κ3) is 11.1. The van der Waals surface area contributed by atoms with Crippen LogP contribution in [0.25, 0.3) is 0 Å². The Balaban J connectivity index is 2.29. The van der Waals surface area contributed by atoms with E-state index in [1.54, 1.807) is 23.8 Å². The van der Waals surface area contributed by atoms with Crippen molar-refractivity contribution in [3.63, 3.8) is 0 Å². The summed E-state index contributed by atoms with van der Waals surface area (Å²) in [5, 5.41) is 3.01. The number of likely N-dealkylation sites (tertiary alicyclic amines) is 1. The van der Waals surface area contributed by atoms with Crippen molar-refractivity contribution in [1.29, 1.82) is 0 Å². The van der Waals surface area contributed by atoms with Crippen molar-refractivity contribution in [2.75, 3.05) is 47.6 Å². The lowest BCUT2D eigenvalue weighted by molar-refractivity contribution is -0.148. The lowest BCUT2D eigenvalue weighted by atomic mass is 9.89. The Bertz CT molecular complexity index is 1450. The van der Waals surface area contributed by atoms with Gasteiger partial charge in [-0.2, -0.15) is 0 Å². The number of nitrogens with zero attached hydrogens (tertiary/aromatic N) is 3. The summed E-state index contributed by atoms with van der Waals surface area (Å²) in [6, 6.07) is 3.30. The molecule has 15 heteroatoms. The molecular weight excluding hydrogens is 689 g/mol. The fourth-order valence-electron chi connectivity index (χ4n) is 7.34. The molecule has 4 N–H and O–H groups in total. The molecule has 1 aromatic carbocycles. The van der Waals surface area contributed by atoms with Crippen LogP contribution in [-0.2, 0) is 38.7 Å². The zero-order valence-electron chi connectivity index (χ0n) is 33.2. The normalized spacial score (nSPS) is 19.1. The van der Waals surface area contributed by atoms with Gasteiger partial charge in [-0.1, -0.05) is 54.9 Å². The van der Waals surface area contributed by atoms with Gasteiger partial charge >= 0.3 is 0 Å². The number of nitrogens with two attached hydrogens (primary N) is 1. The van der Waals surface area contributed by atoms with E-state index in [0.717, 1.165) is 0 Å². The maximum absolute atomic E-state index is 14.2. The summed E-state index contributed by atoms with van der Waals surface area (Å²) in [6.45, 7) is 13.7. The van der Waals surface area contributed by atoms with Crippen molar-refractivity contribution in [1.82, 2.24) is 24.7 Å². The number of rotatable bonds is 19. The number of carbonyl (C=O) groups is 4. The highest BCUT2D eigenvalue weighted by molar-refractivity contribution is 7.90. The van der Waals surface area contributed by atoms with Gasteiger partial charge in [-0.3, -0.25) is 24.1 Å². The quantitative estimate of drug-likeness (QED) is 0.178. The first-order chi connectivity index (χ1) is 24.2. The van der Waals surface area contributed by atoms with E-state index in [1.807, 2.05) is 60.5 Å². The zero-order valence-corrected chi connectivity index (χ0v) is 34.0. The van der Waals surface area contributed by atoms with E-state index < -0.39 is 58.2 Å². The molecule has 2 rings (SSSR count). The third-order valence-corrected chi connectivity index (χ3v) is 11.7. The molecule has 0 bridgehead atoms. The standard InChI is InChI=1S/C37H64N6O8S/c1-13-24(6)33(42(10)37(47)31(22(2)3)39-36(46)32(23(4)5)41(8)9)29(50-11)21-30(44)43-20-14-15-28(43)34(51-12)25(7)35(45)40-52(48,49)27-18-16-26(38)17-19-27/h16-19,22-25,28-29,31-34H,13-15,20-21,38H2,1-12H3,(H,39,46)(H,40,45)/t24?,25-,28+,29-,31+,32+,33+,34-/m1/s1. The molecule has 1 aliphatic heterocycles. The number of benzene rings is 1. The molecule has 1 fully saturated rings. The number of sulfonamides is 1. The van der Waals surface area contributed by atoms with E-state index >= 15 is 0 Å². The average Bonchev–Trinajstić information content (AvgIpc) is 3.55. The summed E-state index contributed by atoms with van der Waals surface area (Å²) in [4.78, 5) is 60.0. The number of likely N-dealkylation sites (N-methyl/N-ethyl adjacent to an activating group) is 2. The second kappa shape index (κ2) is 19.7. The molecule has 296 valence electrons. The van der Waals surface area contributed by atoms with Crippen molar-refractivity contribution in [3.05, 3.63) is 24.3 Å². The van der Waals surface area contributed by atoms with Crippen LogP contribution in [0.1, 0.15) is 74.1 Å². The number of ether oxygens (including phenoxy) is 2. The Hall–Kier alpha value is -3.27. The second-order valence-electron chi connectivity index (χ2n) is 15.0. The molecule has 0 spiro atoms. The average molecular weight is 753 g/mol. The van der Waals surface area contributed by atoms with E-state index in [2.05, 4.69) is 10.0 Å². The van der Waals surface area contributed by atoms with Crippen LogP contribution < -0.4 is 15.8 Å².